The molecule has 0 unspecified atom stereocenters. The maximum absolute atomic E-state index is 12.9. The van der Waals surface area contributed by atoms with Crippen molar-refractivity contribution in [2.24, 2.45) is 0 Å². The second kappa shape index (κ2) is 10.4. The van der Waals surface area contributed by atoms with Gasteiger partial charge in [-0.15, -0.1) is 0 Å². The normalized spacial score (nSPS) is 13.2. The first-order valence-corrected chi connectivity index (χ1v) is 11.8. The summed E-state index contributed by atoms with van der Waals surface area (Å²) in [7, 11) is 0. The van der Waals surface area contributed by atoms with Crippen LogP contribution in [0.2, 0.25) is 0 Å². The molecule has 37 heavy (non-hydrogen) atoms. The van der Waals surface area contributed by atoms with Gasteiger partial charge in [-0.3, -0.25) is 24.1 Å². The largest absolute Gasteiger partial charge is 0.444 e. The van der Waals surface area contributed by atoms with E-state index in [9.17, 15) is 24.0 Å². The Hall–Kier alpha value is -4.21. The minimum atomic E-state index is -0.684. The van der Waals surface area contributed by atoms with Crippen LogP contribution in [0.5, 0.6) is 0 Å². The van der Waals surface area contributed by atoms with Crippen LogP contribution >= 0.6 is 0 Å². The zero-order valence-electron chi connectivity index (χ0n) is 21.9. The fourth-order valence-electron chi connectivity index (χ4n) is 3.68. The predicted octanol–water partition coefficient (Wildman–Crippen LogP) is 3.47. The Bertz CT molecular complexity index is 1260. The minimum absolute atomic E-state index is 0.177. The van der Waals surface area contributed by atoms with Gasteiger partial charge in [-0.05, 0) is 77.4 Å². The van der Waals surface area contributed by atoms with Crippen molar-refractivity contribution in [2.75, 3.05) is 11.9 Å². The molecule has 0 spiro atoms. The number of hydrogen-bond donors (Lipinski definition) is 3. The Morgan fingerprint density at radius 3 is 2.19 bits per heavy atom. The predicted molar refractivity (Wildman–Crippen MR) is 137 cm³/mol. The summed E-state index contributed by atoms with van der Waals surface area (Å²) in [5.41, 5.74) is 0.575. The SMILES string of the molecule is CC(C)(C)OC(=O)NCC(=O)NCc1cccc(NC(=O)c2ccc3c(c2)C(=O)N(C(C)(C)C)C3=O)c1. The lowest BCUT2D eigenvalue weighted by Gasteiger charge is -2.29. The molecule has 0 fully saturated rings. The number of nitrogens with one attached hydrogen (secondary N) is 3. The number of hydrogen-bond acceptors (Lipinski definition) is 6. The van der Waals surface area contributed by atoms with E-state index in [0.717, 1.165) is 5.56 Å². The maximum Gasteiger partial charge on any atom is 0.408 e. The maximum atomic E-state index is 12.9. The zero-order valence-corrected chi connectivity index (χ0v) is 21.9. The number of rotatable bonds is 6. The average Bonchev–Trinajstić information content (AvgIpc) is 3.05. The lowest BCUT2D eigenvalue weighted by molar-refractivity contribution is -0.120. The standard InChI is InChI=1S/C27H32N4O6/c1-26(2,3)31-23(34)19-11-10-17(13-20(19)24(31)35)22(33)30-18-9-7-8-16(12-18)14-28-21(32)15-29-25(36)37-27(4,5)6/h7-13H,14-15H2,1-6H3,(H,28,32)(H,29,36)(H,30,33). The molecule has 1 aliphatic rings. The third kappa shape index (κ3) is 6.93. The van der Waals surface area contributed by atoms with Crippen LogP contribution in [-0.4, -0.2) is 52.3 Å². The van der Waals surface area contributed by atoms with Gasteiger partial charge in [0.2, 0.25) is 5.91 Å². The Kier molecular flexibility index (Phi) is 7.71. The fourth-order valence-corrected chi connectivity index (χ4v) is 3.68. The van der Waals surface area contributed by atoms with Gasteiger partial charge in [0.1, 0.15) is 12.1 Å². The highest BCUT2D eigenvalue weighted by atomic mass is 16.6. The molecule has 0 saturated heterocycles. The van der Waals surface area contributed by atoms with Crippen molar-refractivity contribution in [3.63, 3.8) is 0 Å². The van der Waals surface area contributed by atoms with Crippen LogP contribution in [0, 0.1) is 0 Å². The molecule has 10 nitrogen and oxygen atoms in total. The summed E-state index contributed by atoms with van der Waals surface area (Å²) in [6, 6.07) is 11.3. The number of imide groups is 1. The first-order valence-electron chi connectivity index (χ1n) is 11.8. The third-order valence-corrected chi connectivity index (χ3v) is 5.29. The molecular weight excluding hydrogens is 476 g/mol. The van der Waals surface area contributed by atoms with Crippen molar-refractivity contribution in [1.29, 1.82) is 0 Å². The summed E-state index contributed by atoms with van der Waals surface area (Å²) in [4.78, 5) is 63.2. The van der Waals surface area contributed by atoms with E-state index in [2.05, 4.69) is 16.0 Å². The van der Waals surface area contributed by atoms with E-state index in [0.29, 0.717) is 5.69 Å². The fraction of sp³-hybridized carbons (Fsp3) is 0.370. The number of carbonyl (C=O) groups excluding carboxylic acids is 5. The van der Waals surface area contributed by atoms with Crippen LogP contribution in [0.3, 0.4) is 0 Å². The number of carbonyl (C=O) groups is 5. The molecular formula is C27H32N4O6. The highest BCUT2D eigenvalue weighted by Crippen LogP contribution is 2.30. The van der Waals surface area contributed by atoms with Crippen molar-refractivity contribution >= 4 is 35.4 Å². The van der Waals surface area contributed by atoms with Crippen LogP contribution < -0.4 is 16.0 Å². The molecule has 0 saturated carbocycles. The number of alkyl carbamates (subject to hydrolysis) is 1. The Morgan fingerprint density at radius 1 is 0.865 bits per heavy atom. The lowest BCUT2D eigenvalue weighted by Crippen LogP contribution is -2.45. The van der Waals surface area contributed by atoms with Gasteiger partial charge in [0, 0.05) is 23.3 Å². The van der Waals surface area contributed by atoms with E-state index in [1.54, 1.807) is 65.8 Å². The summed E-state index contributed by atoms with van der Waals surface area (Å²) in [6.45, 7) is 10.4. The molecule has 3 rings (SSSR count). The van der Waals surface area contributed by atoms with E-state index in [1.165, 1.54) is 23.1 Å². The molecule has 1 aliphatic heterocycles. The van der Waals surface area contributed by atoms with Gasteiger partial charge < -0.3 is 20.7 Å². The zero-order chi connectivity index (χ0) is 27.5. The summed E-state index contributed by atoms with van der Waals surface area (Å²) >= 11 is 0. The minimum Gasteiger partial charge on any atom is -0.444 e. The molecule has 0 aromatic heterocycles. The van der Waals surface area contributed by atoms with Gasteiger partial charge in [0.05, 0.1) is 11.1 Å². The van der Waals surface area contributed by atoms with Crippen LogP contribution in [0.1, 0.15) is 78.2 Å². The summed E-state index contributed by atoms with van der Waals surface area (Å²) < 4.78 is 5.09. The Labute approximate surface area is 215 Å². The van der Waals surface area contributed by atoms with Crippen LogP contribution in [0.25, 0.3) is 0 Å². The van der Waals surface area contributed by atoms with E-state index >= 15 is 0 Å². The molecule has 2 aromatic carbocycles. The van der Waals surface area contributed by atoms with E-state index in [-0.39, 0.29) is 35.7 Å². The topological polar surface area (TPSA) is 134 Å². The second-order valence-corrected chi connectivity index (χ2v) is 10.7. The van der Waals surface area contributed by atoms with Crippen LogP contribution in [0.15, 0.2) is 42.5 Å². The van der Waals surface area contributed by atoms with Crippen molar-refractivity contribution in [1.82, 2.24) is 15.5 Å². The Balaban J connectivity index is 1.59. The van der Waals surface area contributed by atoms with Gasteiger partial charge in [-0.1, -0.05) is 12.1 Å². The number of fused-ring (bicyclic) bond motifs is 1. The van der Waals surface area contributed by atoms with Crippen LogP contribution in [0.4, 0.5) is 10.5 Å². The van der Waals surface area contributed by atoms with Crippen molar-refractivity contribution in [3.05, 3.63) is 64.7 Å². The molecule has 0 atom stereocenters. The van der Waals surface area contributed by atoms with E-state index in [4.69, 9.17) is 4.74 Å². The van der Waals surface area contributed by atoms with Gasteiger partial charge in [0.25, 0.3) is 17.7 Å². The molecule has 0 radical (unpaired) electrons. The Morgan fingerprint density at radius 2 is 1.54 bits per heavy atom. The molecule has 0 aliphatic carbocycles. The first kappa shape index (κ1) is 27.4. The van der Waals surface area contributed by atoms with E-state index in [1.807, 2.05) is 0 Å². The molecule has 2 aromatic rings. The number of anilines is 1. The van der Waals surface area contributed by atoms with Gasteiger partial charge in [-0.25, -0.2) is 4.79 Å². The quantitative estimate of drug-likeness (QED) is 0.512. The number of benzene rings is 2. The van der Waals surface area contributed by atoms with Crippen molar-refractivity contribution < 1.29 is 28.7 Å². The molecule has 10 heteroatoms. The molecule has 1 heterocycles. The smallest absolute Gasteiger partial charge is 0.408 e. The highest BCUT2D eigenvalue weighted by molar-refractivity contribution is 6.22. The van der Waals surface area contributed by atoms with Gasteiger partial charge in [-0.2, -0.15) is 0 Å². The number of ether oxygens (including phenoxy) is 1. The van der Waals surface area contributed by atoms with E-state index < -0.39 is 35.0 Å². The first-order chi connectivity index (χ1) is 17.2. The van der Waals surface area contributed by atoms with Gasteiger partial charge >= 0.3 is 6.09 Å². The molecule has 196 valence electrons. The summed E-state index contributed by atoms with van der Waals surface area (Å²) in [6.07, 6.45) is -0.684. The highest BCUT2D eigenvalue weighted by Gasteiger charge is 2.42. The van der Waals surface area contributed by atoms with Crippen LogP contribution in [-0.2, 0) is 16.1 Å². The van der Waals surface area contributed by atoms with Gasteiger partial charge in [0.15, 0.2) is 0 Å². The molecule has 3 N–H and O–H groups in total. The van der Waals surface area contributed by atoms with Crippen molar-refractivity contribution in [3.8, 4) is 0 Å². The molecule has 0 bridgehead atoms. The average molecular weight is 509 g/mol. The monoisotopic (exact) mass is 508 g/mol. The van der Waals surface area contributed by atoms with Crippen molar-refractivity contribution in [2.45, 2.75) is 59.2 Å². The molecule has 5 amide bonds. The second-order valence-electron chi connectivity index (χ2n) is 10.7. The number of nitrogens with zero attached hydrogens (tertiary/aromatic N) is 1. The number of amides is 5. The summed E-state index contributed by atoms with van der Waals surface area (Å²) in [5.74, 6) is -1.65. The summed E-state index contributed by atoms with van der Waals surface area (Å²) in [5, 5.41) is 7.85. The lowest BCUT2D eigenvalue weighted by atomic mass is 10.1. The third-order valence-electron chi connectivity index (χ3n) is 5.29.